The highest BCUT2D eigenvalue weighted by Gasteiger charge is 2.25. The smallest absolute Gasteiger partial charge is 0.239 e. The molecule has 12 heteroatoms. The predicted octanol–water partition coefficient (Wildman–Crippen LogP) is 7.98. The van der Waals surface area contributed by atoms with Crippen molar-refractivity contribution in [3.8, 4) is 17.2 Å². The number of aromatic nitrogens is 6. The Kier molecular flexibility index (Phi) is 2.48. The van der Waals surface area contributed by atoms with Crippen LogP contribution in [0.25, 0.3) is 28.2 Å². The lowest BCUT2D eigenvalue weighted by atomic mass is 10.1. The van der Waals surface area contributed by atoms with Gasteiger partial charge in [-0.3, -0.25) is 4.68 Å². The number of nitrogens with zero attached hydrogens (tertiary/aromatic N) is 7. The Hall–Kier alpha value is -3.51. The summed E-state index contributed by atoms with van der Waals surface area (Å²) in [4.78, 5) is 16.9. The first-order valence-corrected chi connectivity index (χ1v) is 13.8. The van der Waals surface area contributed by atoms with Crippen molar-refractivity contribution in [3.63, 3.8) is 0 Å². The van der Waals surface area contributed by atoms with E-state index in [1.165, 1.54) is 10.9 Å². The topological polar surface area (TPSA) is 120 Å². The molecule has 0 aliphatic carbocycles. The van der Waals surface area contributed by atoms with Crippen molar-refractivity contribution >= 4 is 32.6 Å². The molecule has 3 aromatic heterocycles. The average Bonchev–Trinajstić information content (AvgIpc) is 4.09. The zero-order valence-electron chi connectivity index (χ0n) is 63.1. The van der Waals surface area contributed by atoms with Crippen molar-refractivity contribution in [2.45, 2.75) is 32.7 Å². The first-order valence-electron chi connectivity index (χ1n) is 32.8. The fraction of sp³-hybridized carbons (Fsp3) is 0.417. The maximum Gasteiger partial charge on any atom is 0.239 e. The molecule has 11 nitrogen and oxygen atoms in total. The molecule has 1 aliphatic rings. The van der Waals surface area contributed by atoms with Crippen molar-refractivity contribution in [1.82, 2.24) is 29.3 Å². The molecule has 4 heterocycles. The molecule has 0 amide bonds. The largest absolute Gasteiger partial charge is 0.377 e. The van der Waals surface area contributed by atoms with Gasteiger partial charge >= 0.3 is 0 Å². The molecule has 1 N–H and O–H groups in total. The Balaban J connectivity index is -0.0000000459. The Bertz CT molecular complexity index is 1620. The third-order valence-corrected chi connectivity index (χ3v) is 7.06. The van der Waals surface area contributed by atoms with Gasteiger partial charge in [-0.05, 0) is 32.9 Å². The van der Waals surface area contributed by atoms with E-state index in [2.05, 4.69) is 22.2 Å². The molecule has 1 aliphatic heterocycles. The normalized spacial score (nSPS) is 21.2. The second-order valence-electron chi connectivity index (χ2n) is 9.14. The molecule has 1 saturated heterocycles. The fourth-order valence-electron chi connectivity index (χ4n) is 4.68. The predicted molar refractivity (Wildman–Crippen MR) is 186 cm³/mol. The van der Waals surface area contributed by atoms with Crippen LogP contribution in [0, 0.1) is 13.8 Å². The molecule has 1 aromatic carbocycles. The van der Waals surface area contributed by atoms with Crippen LogP contribution in [-0.2, 0) is 20.5 Å². The Morgan fingerprint density at radius 2 is 2.00 bits per heavy atom. The summed E-state index contributed by atoms with van der Waals surface area (Å²) in [7, 11) is -1.45. The SMILES string of the molecule is CNc1nc2ccccc2n1-c1nc(-c2c(C)nn(CS(C)(=O)=O)c2C)cc(N2CCOC[C@H]2C)n1.[2HH].[2H][2H].[2H][2H].[2H][2H].[2H][2H].[2H][2H].[2H][2H].[2H][2H].[2H][2H].[2H][2H].[2H][2H].[2H][2H].[2H][2H].[2H][2H].[2H][2H].[2H][2H].[2H][2H].[2H][2H].[2H][2H].[2H][2H].[2H][2H].[2H][2H]. The van der Waals surface area contributed by atoms with Gasteiger partial charge in [0.05, 0.1) is 41.7 Å². The molecule has 1 fully saturated rings. The van der Waals surface area contributed by atoms with Crippen LogP contribution in [-0.4, -0.2) is 76.8 Å². The number of fused-ring (bicyclic) bond motifs is 1. The summed E-state index contributed by atoms with van der Waals surface area (Å²) in [6.07, 6.45) is 1.20. The Labute approximate surface area is 276 Å². The molecule has 4 aromatic rings. The van der Waals surface area contributed by atoms with Crippen LogP contribution in [0.5, 0.6) is 0 Å². The lowest BCUT2D eigenvalue weighted by Gasteiger charge is -2.34. The lowest BCUT2D eigenvalue weighted by molar-refractivity contribution is 0.0985. The van der Waals surface area contributed by atoms with Crippen LogP contribution in [0.2, 0.25) is 0 Å². The quantitative estimate of drug-likeness (QED) is 0.236. The Morgan fingerprint density at radius 1 is 1.22 bits per heavy atom. The number of rotatable bonds is 6. The number of hydrogen-bond acceptors (Lipinski definition) is 9. The standard InChI is InChI=1S/C24H30N8O3S.22H2/c1-15-13-35-11-10-30(15)21-12-19(22-16(2)29-31(17(22)3)14-36(5,33)34)27-24(28-21)32-20-9-7-6-8-18(20)26-23(32)25-4;;;;;;;;;;;;;;;;;;;;;;/h6-9,12,15H,10-11,13-14H2,1-5H3,(H,25,26);22*1H/t15-;;;;;;;;;;;;;;;;;;;;;;/m1....................../s1/i;21*1+1D;1+1. The molecule has 234 valence electrons. The number of imidazole rings is 1. The summed E-state index contributed by atoms with van der Waals surface area (Å²) in [5, 5.41) is 7.68. The number of morpholine rings is 1. The van der Waals surface area contributed by atoms with Crippen LogP contribution >= 0.6 is 0 Å². The molecule has 0 spiro atoms. The first-order chi connectivity index (χ1) is 38.2. The number of nitrogens with one attached hydrogen (secondary N) is 1. The van der Waals surface area contributed by atoms with E-state index in [0.717, 1.165) is 28.1 Å². The van der Waals surface area contributed by atoms with Crippen molar-refractivity contribution in [3.05, 3.63) is 41.7 Å². The van der Waals surface area contributed by atoms with E-state index in [1.54, 1.807) is 0 Å². The van der Waals surface area contributed by atoms with Gasteiger partial charge in [0.2, 0.25) is 11.9 Å². The van der Waals surface area contributed by atoms with E-state index in [1.807, 2.05) is 55.8 Å². The second kappa shape index (κ2) is 9.17. The van der Waals surface area contributed by atoms with Crippen LogP contribution in [0.3, 0.4) is 0 Å². The minimum absolute atomic E-state index is 0. The molecule has 1 atom stereocenters. The molecule has 0 saturated carbocycles. The van der Waals surface area contributed by atoms with Crippen LogP contribution in [0.1, 0.15) is 82.1 Å². The monoisotopic (exact) mass is 598 g/mol. The van der Waals surface area contributed by atoms with Gasteiger partial charge in [-0.2, -0.15) is 10.1 Å². The van der Waals surface area contributed by atoms with E-state index >= 15 is 0 Å². The third-order valence-electron chi connectivity index (χ3n) is 6.34. The second-order valence-corrected chi connectivity index (χ2v) is 11.2. The highest BCUT2D eigenvalue weighted by Crippen LogP contribution is 2.32. The summed E-state index contributed by atoms with van der Waals surface area (Å²) in [6.45, 7) is 7.75. The van der Waals surface area contributed by atoms with E-state index in [4.69, 9.17) is 82.1 Å². The first kappa shape index (κ1) is 9.75. The Morgan fingerprint density at radius 3 is 2.72 bits per heavy atom. The summed E-state index contributed by atoms with van der Waals surface area (Å²) in [5.41, 5.74) is 4.59. The fourth-order valence-corrected chi connectivity index (χ4v) is 5.37. The lowest BCUT2D eigenvalue weighted by Crippen LogP contribution is -2.44. The summed E-state index contributed by atoms with van der Waals surface area (Å²) >= 11 is 0. The van der Waals surface area contributed by atoms with E-state index in [0.29, 0.717) is 43.0 Å². The number of anilines is 2. The molecular weight excluding hydrogens is 480 g/mol. The van der Waals surface area contributed by atoms with Gasteiger partial charge < -0.3 is 15.0 Å². The third kappa shape index (κ3) is 4.42. The minimum atomic E-state index is -3.27. The molecule has 5 rings (SSSR count). The van der Waals surface area contributed by atoms with E-state index < -0.39 is 9.84 Å². The van der Waals surface area contributed by atoms with Crippen LogP contribution < -0.4 is 10.2 Å². The van der Waals surface area contributed by atoms with Gasteiger partial charge in [-0.1, -0.05) is 12.1 Å². The molecular formula is C24H74N8O3S. The highest BCUT2D eigenvalue weighted by molar-refractivity contribution is 7.89. The summed E-state index contributed by atoms with van der Waals surface area (Å²) in [6, 6.07) is 9.92. The number of benzene rings is 1. The minimum Gasteiger partial charge on any atom is -0.377 e. The van der Waals surface area contributed by atoms with Gasteiger partial charge in [0, 0.05) is 101 Å². The molecule has 0 radical (unpaired) electrons. The van der Waals surface area contributed by atoms with Crippen molar-refractivity contribution in [1.29, 1.82) is 0 Å². The number of sulfone groups is 1. The molecule has 36 heavy (non-hydrogen) atoms. The number of para-hydroxylation sites is 2. The van der Waals surface area contributed by atoms with E-state index in [-0.39, 0.29) is 13.3 Å². The highest BCUT2D eigenvalue weighted by atomic mass is 32.2. The van der Waals surface area contributed by atoms with Crippen LogP contribution in [0.4, 0.5) is 11.8 Å². The van der Waals surface area contributed by atoms with Gasteiger partial charge in [-0.25, -0.2) is 23.0 Å². The van der Waals surface area contributed by atoms with Gasteiger partial charge in [0.15, 0.2) is 9.84 Å². The van der Waals surface area contributed by atoms with Gasteiger partial charge in [0.25, 0.3) is 0 Å². The average molecular weight is 598 g/mol. The van der Waals surface area contributed by atoms with Crippen LogP contribution in [0.15, 0.2) is 30.3 Å². The molecule has 0 bridgehead atoms. The van der Waals surface area contributed by atoms with Gasteiger partial charge in [0.1, 0.15) is 11.7 Å². The maximum absolute atomic E-state index is 12.0. The summed E-state index contributed by atoms with van der Waals surface area (Å²) < 4.78 is 243. The zero-order valence-corrected chi connectivity index (χ0v) is 21.9. The molecule has 0 unspecified atom stereocenters. The van der Waals surface area contributed by atoms with Crippen molar-refractivity contribution in [2.75, 3.05) is 43.3 Å². The zero-order chi connectivity index (χ0) is 67.6. The number of hydrogen-bond donors (Lipinski definition) is 1. The van der Waals surface area contributed by atoms with Crippen molar-refractivity contribution < 1.29 is 76.9 Å². The van der Waals surface area contributed by atoms with Gasteiger partial charge in [-0.15, -0.1) is 0 Å². The number of aryl methyl sites for hydroxylation is 1. The summed E-state index contributed by atoms with van der Waals surface area (Å²) in [5.74, 6) is 1.66. The maximum atomic E-state index is 12.0. The van der Waals surface area contributed by atoms with Crippen molar-refractivity contribution in [2.24, 2.45) is 0 Å². The number of ether oxygens (including phenoxy) is 1. The van der Waals surface area contributed by atoms with E-state index in [9.17, 15) is 8.42 Å².